The molecule has 4 saturated carbocycles. The van der Waals surface area contributed by atoms with Gasteiger partial charge in [0.15, 0.2) is 12.4 Å². The number of ketones is 1. The van der Waals surface area contributed by atoms with Crippen molar-refractivity contribution in [2.45, 2.75) is 50.9 Å². The summed E-state index contributed by atoms with van der Waals surface area (Å²) in [6, 6.07) is 12.3. The Labute approximate surface area is 165 Å². The summed E-state index contributed by atoms with van der Waals surface area (Å²) in [5.41, 5.74) is 0.833. The summed E-state index contributed by atoms with van der Waals surface area (Å²) in [7, 11) is 0. The van der Waals surface area contributed by atoms with Gasteiger partial charge in [-0.05, 0) is 68.3 Å². The number of carbonyl (C=O) groups is 2. The van der Waals surface area contributed by atoms with Gasteiger partial charge >= 0.3 is 5.97 Å². The van der Waals surface area contributed by atoms with Gasteiger partial charge in [-0.15, -0.1) is 0 Å². The van der Waals surface area contributed by atoms with Crippen LogP contribution >= 0.6 is 0 Å². The number of hydrogen-bond acceptors (Lipinski definition) is 5. The number of nitriles is 1. The standard InChI is InChI=1S/C23H26N2O3/c1-15(25)19(12-24)20(26)13-28-21(27)23-10-16-7-17(11-23)9-22(8-16,14-23)18-5-3-2-4-6-18/h2-6,16-17,19,25H,7-11,13-14H2,1H3/t16-,17+,19?,22?,23?. The minimum absolute atomic E-state index is 0.0126. The van der Waals surface area contributed by atoms with E-state index >= 15 is 0 Å². The molecular weight excluding hydrogens is 352 g/mol. The van der Waals surface area contributed by atoms with Gasteiger partial charge in [-0.3, -0.25) is 9.59 Å². The molecule has 4 aliphatic rings. The molecule has 0 amide bonds. The molecule has 1 aromatic rings. The molecule has 28 heavy (non-hydrogen) atoms. The molecule has 3 unspecified atom stereocenters. The number of hydrogen-bond donors (Lipinski definition) is 1. The molecule has 4 aliphatic carbocycles. The smallest absolute Gasteiger partial charge is 0.312 e. The van der Waals surface area contributed by atoms with Gasteiger partial charge in [0.25, 0.3) is 0 Å². The highest BCUT2D eigenvalue weighted by Gasteiger charge is 2.61. The zero-order valence-electron chi connectivity index (χ0n) is 16.2. The lowest BCUT2D eigenvalue weighted by atomic mass is 9.43. The van der Waals surface area contributed by atoms with Crippen molar-refractivity contribution in [1.82, 2.24) is 0 Å². The molecule has 1 aromatic carbocycles. The monoisotopic (exact) mass is 378 g/mol. The van der Waals surface area contributed by atoms with E-state index in [0.717, 1.165) is 32.1 Å². The maximum absolute atomic E-state index is 13.1. The van der Waals surface area contributed by atoms with Crippen molar-refractivity contribution in [3.63, 3.8) is 0 Å². The van der Waals surface area contributed by atoms with Crippen LogP contribution in [0.5, 0.6) is 0 Å². The predicted molar refractivity (Wildman–Crippen MR) is 104 cm³/mol. The van der Waals surface area contributed by atoms with Crippen molar-refractivity contribution in [1.29, 1.82) is 10.7 Å². The van der Waals surface area contributed by atoms with E-state index in [2.05, 4.69) is 24.3 Å². The molecule has 5 atom stereocenters. The highest BCUT2D eigenvalue weighted by molar-refractivity contribution is 6.06. The number of benzene rings is 1. The van der Waals surface area contributed by atoms with Gasteiger partial charge in [-0.1, -0.05) is 30.3 Å². The third kappa shape index (κ3) is 3.05. The minimum atomic E-state index is -1.13. The summed E-state index contributed by atoms with van der Waals surface area (Å²) in [6.45, 7) is 1.01. The first-order chi connectivity index (χ1) is 13.4. The van der Waals surface area contributed by atoms with Crippen LogP contribution in [-0.2, 0) is 19.7 Å². The number of esters is 1. The Morgan fingerprint density at radius 3 is 2.43 bits per heavy atom. The molecule has 4 fully saturated rings. The number of ether oxygens (including phenoxy) is 1. The minimum Gasteiger partial charge on any atom is -0.457 e. The summed E-state index contributed by atoms with van der Waals surface area (Å²) in [6.07, 6.45) is 5.92. The predicted octanol–water partition coefficient (Wildman–Crippen LogP) is 3.82. The number of Topliss-reactive ketones (excluding diaryl/α,β-unsaturated/α-hetero) is 1. The fraction of sp³-hybridized carbons (Fsp3) is 0.565. The van der Waals surface area contributed by atoms with Gasteiger partial charge in [0.05, 0.1) is 11.5 Å². The fourth-order valence-corrected chi connectivity index (χ4v) is 6.41. The van der Waals surface area contributed by atoms with E-state index in [1.165, 1.54) is 18.9 Å². The second-order valence-corrected chi connectivity index (χ2v) is 9.18. The van der Waals surface area contributed by atoms with Crippen LogP contribution in [0.25, 0.3) is 0 Å². The van der Waals surface area contributed by atoms with E-state index in [1.807, 2.05) is 12.1 Å². The van der Waals surface area contributed by atoms with Gasteiger partial charge in [0.1, 0.15) is 5.92 Å². The highest BCUT2D eigenvalue weighted by Crippen LogP contribution is 2.66. The fourth-order valence-electron chi connectivity index (χ4n) is 6.41. The number of nitrogens with one attached hydrogen (secondary N) is 1. The molecule has 0 radical (unpaired) electrons. The topological polar surface area (TPSA) is 91.0 Å². The molecule has 0 saturated heterocycles. The van der Waals surface area contributed by atoms with Gasteiger partial charge in [0, 0.05) is 5.71 Å². The Kier molecular flexibility index (Phi) is 4.61. The van der Waals surface area contributed by atoms with Crippen molar-refractivity contribution in [3.8, 4) is 6.07 Å². The molecular formula is C23H26N2O3. The van der Waals surface area contributed by atoms with Crippen LogP contribution in [0.2, 0.25) is 0 Å². The first-order valence-electron chi connectivity index (χ1n) is 10.1. The van der Waals surface area contributed by atoms with Crippen LogP contribution in [0.3, 0.4) is 0 Å². The average molecular weight is 378 g/mol. The molecule has 1 N–H and O–H groups in total. The van der Waals surface area contributed by atoms with Gasteiger partial charge in [-0.25, -0.2) is 0 Å². The molecule has 5 heteroatoms. The molecule has 0 aromatic heterocycles. The molecule has 0 heterocycles. The quantitative estimate of drug-likeness (QED) is 0.602. The van der Waals surface area contributed by atoms with E-state index in [9.17, 15) is 9.59 Å². The van der Waals surface area contributed by atoms with E-state index in [1.54, 1.807) is 0 Å². The third-order valence-corrected chi connectivity index (χ3v) is 7.11. The zero-order chi connectivity index (χ0) is 19.9. The van der Waals surface area contributed by atoms with Gasteiger partial charge < -0.3 is 10.1 Å². The van der Waals surface area contributed by atoms with Crippen LogP contribution in [0, 0.1) is 39.9 Å². The van der Waals surface area contributed by atoms with Crippen LogP contribution in [0.1, 0.15) is 51.0 Å². The maximum atomic E-state index is 13.1. The van der Waals surface area contributed by atoms with E-state index < -0.39 is 23.7 Å². The lowest BCUT2D eigenvalue weighted by molar-refractivity contribution is -0.175. The van der Waals surface area contributed by atoms with Crippen LogP contribution in [0.15, 0.2) is 30.3 Å². The van der Waals surface area contributed by atoms with Gasteiger partial charge in [-0.2, -0.15) is 5.26 Å². The van der Waals surface area contributed by atoms with Gasteiger partial charge in [0.2, 0.25) is 0 Å². The van der Waals surface area contributed by atoms with Crippen molar-refractivity contribution >= 4 is 17.5 Å². The summed E-state index contributed by atoms with van der Waals surface area (Å²) in [5.74, 6) is -0.860. The molecule has 5 rings (SSSR count). The number of rotatable bonds is 6. The largest absolute Gasteiger partial charge is 0.457 e. The first-order valence-corrected chi connectivity index (χ1v) is 10.1. The maximum Gasteiger partial charge on any atom is 0.312 e. The Bertz CT molecular complexity index is 840. The SMILES string of the molecule is CC(=N)C(C#N)C(=O)COC(=O)C12C[C@H]3C[C@@H](C1)CC(c1ccccc1)(C3)C2. The Balaban J connectivity index is 1.53. The van der Waals surface area contributed by atoms with Crippen LogP contribution in [-0.4, -0.2) is 24.1 Å². The second kappa shape index (κ2) is 6.84. The molecule has 0 aliphatic heterocycles. The summed E-state index contributed by atoms with van der Waals surface area (Å²) < 4.78 is 5.47. The lowest BCUT2D eigenvalue weighted by Gasteiger charge is -2.61. The Hall–Kier alpha value is -2.48. The summed E-state index contributed by atoms with van der Waals surface area (Å²) in [5, 5.41) is 16.6. The zero-order valence-corrected chi connectivity index (χ0v) is 16.2. The molecule has 0 spiro atoms. The number of nitrogens with zero attached hydrogens (tertiary/aromatic N) is 1. The van der Waals surface area contributed by atoms with E-state index in [4.69, 9.17) is 15.4 Å². The van der Waals surface area contributed by atoms with E-state index in [-0.39, 0.29) is 17.1 Å². The van der Waals surface area contributed by atoms with E-state index in [0.29, 0.717) is 11.8 Å². The first kappa shape index (κ1) is 18.9. The normalized spacial score (nSPS) is 33.7. The highest BCUT2D eigenvalue weighted by atomic mass is 16.5. The number of carbonyl (C=O) groups excluding carboxylic acids is 2. The average Bonchev–Trinajstić information content (AvgIpc) is 2.66. The lowest BCUT2D eigenvalue weighted by Crippen LogP contribution is -2.57. The molecule has 5 nitrogen and oxygen atoms in total. The van der Waals surface area contributed by atoms with Crippen molar-refractivity contribution in [2.24, 2.45) is 23.2 Å². The Morgan fingerprint density at radius 2 is 1.86 bits per heavy atom. The van der Waals surface area contributed by atoms with Crippen molar-refractivity contribution in [2.75, 3.05) is 6.61 Å². The summed E-state index contributed by atoms with van der Waals surface area (Å²) >= 11 is 0. The van der Waals surface area contributed by atoms with Crippen molar-refractivity contribution in [3.05, 3.63) is 35.9 Å². The Morgan fingerprint density at radius 1 is 1.21 bits per heavy atom. The second-order valence-electron chi connectivity index (χ2n) is 9.18. The third-order valence-electron chi connectivity index (χ3n) is 7.11. The van der Waals surface area contributed by atoms with Crippen LogP contribution in [0.4, 0.5) is 0 Å². The van der Waals surface area contributed by atoms with Crippen molar-refractivity contribution < 1.29 is 14.3 Å². The molecule has 146 valence electrons. The van der Waals surface area contributed by atoms with Crippen LogP contribution < -0.4 is 0 Å². The molecule has 4 bridgehead atoms. The summed E-state index contributed by atoms with van der Waals surface area (Å²) in [4.78, 5) is 25.3.